The van der Waals surface area contributed by atoms with Gasteiger partial charge in [-0.1, -0.05) is 43.3 Å². The van der Waals surface area contributed by atoms with E-state index >= 15 is 0 Å². The smallest absolute Gasteiger partial charge is 0.416 e. The first-order chi connectivity index (χ1) is 14.7. The monoisotopic (exact) mass is 432 g/mol. The van der Waals surface area contributed by atoms with Crippen molar-refractivity contribution in [2.24, 2.45) is 5.41 Å². The van der Waals surface area contributed by atoms with Crippen LogP contribution in [0.4, 0.5) is 13.2 Å². The number of halogens is 3. The number of hydrogen-bond donors (Lipinski definition) is 1. The number of hydrogen-bond acceptors (Lipinski definition) is 3. The van der Waals surface area contributed by atoms with Gasteiger partial charge in [0, 0.05) is 6.08 Å². The Labute approximate surface area is 178 Å². The second kappa shape index (κ2) is 9.39. The number of carbonyl (C=O) groups is 1. The molecule has 0 bridgehead atoms. The number of carboxylic acid groups (broad SMARTS) is 1. The Hall–Kier alpha value is -3.06. The first kappa shape index (κ1) is 22.6. The van der Waals surface area contributed by atoms with E-state index in [2.05, 4.69) is 6.92 Å². The van der Waals surface area contributed by atoms with Gasteiger partial charge in [-0.05, 0) is 47.4 Å². The first-order valence-electron chi connectivity index (χ1n) is 9.82. The van der Waals surface area contributed by atoms with Gasteiger partial charge < -0.3 is 14.6 Å². The van der Waals surface area contributed by atoms with E-state index in [0.29, 0.717) is 42.3 Å². The Morgan fingerprint density at radius 2 is 1.87 bits per heavy atom. The van der Waals surface area contributed by atoms with E-state index in [1.165, 1.54) is 18.2 Å². The van der Waals surface area contributed by atoms with Crippen LogP contribution in [0.15, 0.2) is 66.8 Å². The lowest BCUT2D eigenvalue weighted by Crippen LogP contribution is -2.46. The normalized spacial score (nSPS) is 16.2. The molecule has 4 nitrogen and oxygen atoms in total. The molecule has 0 radical (unpaired) electrons. The minimum absolute atomic E-state index is 0.00627. The summed E-state index contributed by atoms with van der Waals surface area (Å²) in [5.41, 5.74) is 1.06. The standard InChI is InChI=1S/C24H23F3O4/c1-2-23(14-30-15-23)16-31-20-6-3-5-18(13-20)21(7-4-8-22(28)29)17-9-11-19(12-10-17)24(25,26)27/h3-13H,2,14-16H2,1H3,(H,28,29)/b8-4+,21-7+. The van der Waals surface area contributed by atoms with Crippen LogP contribution in [0.25, 0.3) is 5.57 Å². The Morgan fingerprint density at radius 1 is 1.16 bits per heavy atom. The van der Waals surface area contributed by atoms with Crippen LogP contribution in [-0.4, -0.2) is 30.9 Å². The van der Waals surface area contributed by atoms with E-state index in [1.54, 1.807) is 24.3 Å². The Balaban J connectivity index is 1.90. The van der Waals surface area contributed by atoms with Crippen molar-refractivity contribution < 1.29 is 32.5 Å². The number of alkyl halides is 3. The molecule has 0 saturated carbocycles. The number of ether oxygens (including phenoxy) is 2. The zero-order valence-corrected chi connectivity index (χ0v) is 17.0. The van der Waals surface area contributed by atoms with Crippen LogP contribution < -0.4 is 4.74 Å². The minimum atomic E-state index is -4.43. The predicted molar refractivity (Wildman–Crippen MR) is 111 cm³/mol. The molecule has 0 atom stereocenters. The predicted octanol–water partition coefficient (Wildman–Crippen LogP) is 5.58. The summed E-state index contributed by atoms with van der Waals surface area (Å²) in [6, 6.07) is 11.9. The lowest BCUT2D eigenvalue weighted by molar-refractivity contribution is -0.137. The van der Waals surface area contributed by atoms with Crippen LogP contribution in [0, 0.1) is 5.41 Å². The van der Waals surface area contributed by atoms with Gasteiger partial charge in [0.25, 0.3) is 0 Å². The third kappa shape index (κ3) is 5.76. The molecule has 31 heavy (non-hydrogen) atoms. The molecule has 1 fully saturated rings. The molecule has 0 unspecified atom stereocenters. The molecule has 1 N–H and O–H groups in total. The summed E-state index contributed by atoms with van der Waals surface area (Å²) in [5, 5.41) is 8.86. The third-order valence-electron chi connectivity index (χ3n) is 5.28. The van der Waals surface area contributed by atoms with Gasteiger partial charge in [0.1, 0.15) is 5.75 Å². The molecule has 0 aliphatic carbocycles. The molecular formula is C24H23F3O4. The van der Waals surface area contributed by atoms with Crippen molar-refractivity contribution in [3.63, 3.8) is 0 Å². The maximum absolute atomic E-state index is 12.9. The topological polar surface area (TPSA) is 55.8 Å². The number of carboxylic acids is 1. The summed E-state index contributed by atoms with van der Waals surface area (Å²) in [6.45, 7) is 3.90. The molecule has 1 aliphatic heterocycles. The van der Waals surface area contributed by atoms with Gasteiger partial charge in [0.2, 0.25) is 0 Å². The van der Waals surface area contributed by atoms with E-state index in [0.717, 1.165) is 24.6 Å². The third-order valence-corrected chi connectivity index (χ3v) is 5.28. The first-order valence-corrected chi connectivity index (χ1v) is 9.82. The molecule has 1 aliphatic rings. The van der Waals surface area contributed by atoms with Gasteiger partial charge in [-0.25, -0.2) is 4.79 Å². The van der Waals surface area contributed by atoms with Gasteiger partial charge in [0.15, 0.2) is 0 Å². The summed E-state index contributed by atoms with van der Waals surface area (Å²) in [7, 11) is 0. The summed E-state index contributed by atoms with van der Waals surface area (Å²) >= 11 is 0. The average Bonchev–Trinajstić information content (AvgIpc) is 2.70. The molecule has 0 amide bonds. The molecule has 1 heterocycles. The van der Waals surface area contributed by atoms with Crippen molar-refractivity contribution in [1.29, 1.82) is 0 Å². The number of aliphatic carboxylic acids is 1. The van der Waals surface area contributed by atoms with E-state index in [4.69, 9.17) is 14.6 Å². The van der Waals surface area contributed by atoms with Crippen molar-refractivity contribution in [3.8, 4) is 5.75 Å². The lowest BCUT2D eigenvalue weighted by atomic mass is 9.84. The van der Waals surface area contributed by atoms with Crippen molar-refractivity contribution in [2.75, 3.05) is 19.8 Å². The quantitative estimate of drug-likeness (QED) is 0.437. The maximum atomic E-state index is 12.9. The highest BCUT2D eigenvalue weighted by Gasteiger charge is 2.37. The second-order valence-corrected chi connectivity index (χ2v) is 7.52. The van der Waals surface area contributed by atoms with Crippen LogP contribution >= 0.6 is 0 Å². The highest BCUT2D eigenvalue weighted by Crippen LogP contribution is 2.34. The van der Waals surface area contributed by atoms with Crippen LogP contribution in [0.3, 0.4) is 0 Å². The minimum Gasteiger partial charge on any atom is -0.493 e. The Morgan fingerprint density at radius 3 is 2.42 bits per heavy atom. The van der Waals surface area contributed by atoms with Crippen LogP contribution in [-0.2, 0) is 15.7 Å². The second-order valence-electron chi connectivity index (χ2n) is 7.52. The Kier molecular flexibility index (Phi) is 6.85. The molecule has 3 rings (SSSR count). The zero-order valence-electron chi connectivity index (χ0n) is 17.0. The Bertz CT molecular complexity index is 966. The number of allylic oxidation sites excluding steroid dienone is 2. The highest BCUT2D eigenvalue weighted by molar-refractivity contribution is 5.84. The molecule has 0 spiro atoms. The summed E-state index contributed by atoms with van der Waals surface area (Å²) in [4.78, 5) is 10.8. The maximum Gasteiger partial charge on any atom is 0.416 e. The number of benzene rings is 2. The van der Waals surface area contributed by atoms with Crippen molar-refractivity contribution in [1.82, 2.24) is 0 Å². The van der Waals surface area contributed by atoms with Gasteiger partial charge in [-0.15, -0.1) is 0 Å². The fourth-order valence-electron chi connectivity index (χ4n) is 3.19. The summed E-state index contributed by atoms with van der Waals surface area (Å²) in [5.74, 6) is -0.495. The van der Waals surface area contributed by atoms with Gasteiger partial charge >= 0.3 is 12.1 Å². The molecule has 164 valence electrons. The summed E-state index contributed by atoms with van der Waals surface area (Å²) < 4.78 is 50.0. The van der Waals surface area contributed by atoms with Gasteiger partial charge in [-0.2, -0.15) is 13.2 Å². The van der Waals surface area contributed by atoms with Crippen molar-refractivity contribution in [2.45, 2.75) is 19.5 Å². The zero-order chi connectivity index (χ0) is 22.5. The molecule has 1 saturated heterocycles. The molecule has 7 heteroatoms. The van der Waals surface area contributed by atoms with Crippen molar-refractivity contribution in [3.05, 3.63) is 83.4 Å². The lowest BCUT2D eigenvalue weighted by Gasteiger charge is -2.40. The van der Waals surface area contributed by atoms with Crippen molar-refractivity contribution >= 4 is 11.5 Å². The largest absolute Gasteiger partial charge is 0.493 e. The average molecular weight is 432 g/mol. The summed E-state index contributed by atoms with van der Waals surface area (Å²) in [6.07, 6.45) is 0.374. The van der Waals surface area contributed by atoms with E-state index in [-0.39, 0.29) is 5.41 Å². The van der Waals surface area contributed by atoms with Crippen LogP contribution in [0.1, 0.15) is 30.0 Å². The SMILES string of the molecule is CCC1(COc2cccc(/C(=C/C=C/C(=O)O)c3ccc(C(F)(F)F)cc3)c2)COC1. The van der Waals surface area contributed by atoms with Crippen LogP contribution in [0.2, 0.25) is 0 Å². The van der Waals surface area contributed by atoms with E-state index < -0.39 is 17.7 Å². The fraction of sp³-hybridized carbons (Fsp3) is 0.292. The number of rotatable bonds is 8. The van der Waals surface area contributed by atoms with E-state index in [1.807, 2.05) is 6.07 Å². The molecule has 2 aromatic carbocycles. The molecule has 0 aromatic heterocycles. The highest BCUT2D eigenvalue weighted by atomic mass is 19.4. The fourth-order valence-corrected chi connectivity index (χ4v) is 3.19. The van der Waals surface area contributed by atoms with Gasteiger partial charge in [0.05, 0.1) is 30.8 Å². The molecule has 2 aromatic rings. The van der Waals surface area contributed by atoms with Crippen LogP contribution in [0.5, 0.6) is 5.75 Å². The van der Waals surface area contributed by atoms with Gasteiger partial charge in [-0.3, -0.25) is 0 Å². The molecular weight excluding hydrogens is 409 g/mol. The van der Waals surface area contributed by atoms with E-state index in [9.17, 15) is 18.0 Å².